The predicted molar refractivity (Wildman–Crippen MR) is 99.3 cm³/mol. The van der Waals surface area contributed by atoms with Crippen LogP contribution in [0.25, 0.3) is 0 Å². The van der Waals surface area contributed by atoms with Crippen molar-refractivity contribution in [2.45, 2.75) is 49.9 Å². The van der Waals surface area contributed by atoms with Crippen LogP contribution in [0.3, 0.4) is 0 Å². The van der Waals surface area contributed by atoms with Gasteiger partial charge in [0.1, 0.15) is 24.2 Å². The Balaban J connectivity index is 5.33. The number of carbonyl (C=O) groups is 6. The third kappa shape index (κ3) is 10.9. The Labute approximate surface area is 175 Å². The molecule has 15 heteroatoms. The van der Waals surface area contributed by atoms with Gasteiger partial charge in [0.15, 0.2) is 0 Å². The molecular formula is C16H26N4O11. The maximum atomic E-state index is 12.4. The second-order valence-electron chi connectivity index (χ2n) is 6.36. The number of amides is 3. The van der Waals surface area contributed by atoms with Gasteiger partial charge < -0.3 is 47.2 Å². The van der Waals surface area contributed by atoms with E-state index in [1.165, 1.54) is 0 Å². The molecule has 0 aromatic rings. The van der Waals surface area contributed by atoms with Gasteiger partial charge in [0.05, 0.1) is 13.2 Å². The quantitative estimate of drug-likeness (QED) is 0.114. The number of hydrogen-bond donors (Lipinski definition) is 9. The van der Waals surface area contributed by atoms with Crippen molar-refractivity contribution in [3.63, 3.8) is 0 Å². The van der Waals surface area contributed by atoms with Gasteiger partial charge in [-0.1, -0.05) is 0 Å². The third-order valence-electron chi connectivity index (χ3n) is 3.89. The molecule has 4 atom stereocenters. The highest BCUT2D eigenvalue weighted by atomic mass is 16.4. The van der Waals surface area contributed by atoms with Crippen LogP contribution < -0.4 is 21.7 Å². The topological polar surface area (TPSA) is 266 Å². The summed E-state index contributed by atoms with van der Waals surface area (Å²) in [6.07, 6.45) is -2.12. The first-order valence-corrected chi connectivity index (χ1v) is 8.97. The van der Waals surface area contributed by atoms with Gasteiger partial charge in [0, 0.05) is 12.8 Å². The van der Waals surface area contributed by atoms with E-state index in [2.05, 4.69) is 5.32 Å². The molecule has 3 amide bonds. The molecule has 31 heavy (non-hydrogen) atoms. The van der Waals surface area contributed by atoms with Crippen LogP contribution in [0.1, 0.15) is 25.7 Å². The normalized spacial score (nSPS) is 14.4. The third-order valence-corrected chi connectivity index (χ3v) is 3.89. The van der Waals surface area contributed by atoms with E-state index in [9.17, 15) is 33.9 Å². The molecule has 0 aliphatic carbocycles. The molecule has 0 fully saturated rings. The number of rotatable bonds is 15. The average Bonchev–Trinajstić information content (AvgIpc) is 2.70. The molecule has 0 saturated carbocycles. The van der Waals surface area contributed by atoms with E-state index in [4.69, 9.17) is 26.2 Å². The summed E-state index contributed by atoms with van der Waals surface area (Å²) >= 11 is 0. The molecule has 0 aromatic carbocycles. The minimum atomic E-state index is -1.62. The number of aliphatic hydroxyl groups is 2. The van der Waals surface area contributed by atoms with Gasteiger partial charge in [-0.25, -0.2) is 4.79 Å². The van der Waals surface area contributed by atoms with Crippen molar-refractivity contribution in [2.75, 3.05) is 13.2 Å². The fraction of sp³-hybridized carbons (Fsp3) is 0.625. The Hall–Kier alpha value is -3.30. The maximum absolute atomic E-state index is 12.4. The van der Waals surface area contributed by atoms with Crippen LogP contribution in [0.4, 0.5) is 0 Å². The van der Waals surface area contributed by atoms with Crippen molar-refractivity contribution >= 4 is 35.6 Å². The lowest BCUT2D eigenvalue weighted by atomic mass is 10.1. The molecular weight excluding hydrogens is 424 g/mol. The summed E-state index contributed by atoms with van der Waals surface area (Å²) in [5, 5.41) is 50.9. The summed E-state index contributed by atoms with van der Waals surface area (Å²) in [6, 6.07) is -6.19. The molecule has 0 radical (unpaired) electrons. The van der Waals surface area contributed by atoms with Crippen LogP contribution in [-0.4, -0.2) is 98.5 Å². The van der Waals surface area contributed by atoms with E-state index in [1.807, 2.05) is 10.6 Å². The lowest BCUT2D eigenvalue weighted by Gasteiger charge is -2.24. The summed E-state index contributed by atoms with van der Waals surface area (Å²) in [6.45, 7) is -1.68. The highest BCUT2D eigenvalue weighted by molar-refractivity contribution is 5.94. The highest BCUT2D eigenvalue weighted by Crippen LogP contribution is 2.04. The van der Waals surface area contributed by atoms with Gasteiger partial charge in [-0.05, 0) is 12.8 Å². The van der Waals surface area contributed by atoms with Crippen molar-refractivity contribution in [3.05, 3.63) is 0 Å². The lowest BCUT2D eigenvalue weighted by molar-refractivity contribution is -0.144. The van der Waals surface area contributed by atoms with Crippen molar-refractivity contribution in [2.24, 2.45) is 5.73 Å². The van der Waals surface area contributed by atoms with Gasteiger partial charge in [-0.2, -0.15) is 0 Å². The first-order valence-electron chi connectivity index (χ1n) is 8.97. The molecule has 4 unspecified atom stereocenters. The number of hydrogen-bond acceptors (Lipinski definition) is 9. The Kier molecular flexibility index (Phi) is 12.4. The Morgan fingerprint density at radius 3 is 1.48 bits per heavy atom. The molecule has 0 aliphatic rings. The number of aliphatic hydroxyl groups excluding tert-OH is 2. The summed E-state index contributed by atoms with van der Waals surface area (Å²) in [4.78, 5) is 69.1. The largest absolute Gasteiger partial charge is 0.481 e. The van der Waals surface area contributed by atoms with Crippen molar-refractivity contribution in [1.29, 1.82) is 0 Å². The monoisotopic (exact) mass is 450 g/mol. The van der Waals surface area contributed by atoms with Gasteiger partial charge in [-0.15, -0.1) is 0 Å². The predicted octanol–water partition coefficient (Wildman–Crippen LogP) is -4.43. The second kappa shape index (κ2) is 13.8. The number of carboxylic acids is 3. The Morgan fingerprint density at radius 2 is 1.06 bits per heavy atom. The van der Waals surface area contributed by atoms with Crippen LogP contribution in [-0.2, 0) is 28.8 Å². The highest BCUT2D eigenvalue weighted by Gasteiger charge is 2.30. The zero-order chi connectivity index (χ0) is 24.1. The maximum Gasteiger partial charge on any atom is 0.326 e. The molecule has 0 aliphatic heterocycles. The zero-order valence-corrected chi connectivity index (χ0v) is 16.3. The molecule has 0 rings (SSSR count). The van der Waals surface area contributed by atoms with Gasteiger partial charge in [0.25, 0.3) is 0 Å². The molecule has 0 aromatic heterocycles. The number of nitrogens with one attached hydrogen (secondary N) is 3. The molecule has 10 N–H and O–H groups in total. The van der Waals surface area contributed by atoms with E-state index in [0.717, 1.165) is 0 Å². The molecule has 0 bridgehead atoms. The van der Waals surface area contributed by atoms with E-state index in [1.54, 1.807) is 0 Å². The van der Waals surface area contributed by atoms with Crippen LogP contribution in [0.2, 0.25) is 0 Å². The van der Waals surface area contributed by atoms with Gasteiger partial charge >= 0.3 is 17.9 Å². The van der Waals surface area contributed by atoms with E-state index in [0.29, 0.717) is 0 Å². The molecule has 0 spiro atoms. The van der Waals surface area contributed by atoms with E-state index in [-0.39, 0.29) is 0 Å². The van der Waals surface area contributed by atoms with Crippen LogP contribution >= 0.6 is 0 Å². The SMILES string of the molecule is NC(CO)C(=O)NC(CO)C(=O)NC(CCC(=O)O)C(=O)NC(CCC(=O)O)C(=O)O. The average molecular weight is 450 g/mol. The smallest absolute Gasteiger partial charge is 0.326 e. The van der Waals surface area contributed by atoms with Crippen molar-refractivity contribution < 1.29 is 54.3 Å². The number of aliphatic carboxylic acids is 3. The fourth-order valence-corrected chi connectivity index (χ4v) is 2.16. The van der Waals surface area contributed by atoms with E-state index < -0.39 is 98.7 Å². The first kappa shape index (κ1) is 27.7. The van der Waals surface area contributed by atoms with E-state index >= 15 is 0 Å². The summed E-state index contributed by atoms with van der Waals surface area (Å²) in [5.41, 5.74) is 5.28. The Morgan fingerprint density at radius 1 is 0.645 bits per heavy atom. The van der Waals surface area contributed by atoms with Crippen molar-refractivity contribution in [1.82, 2.24) is 16.0 Å². The van der Waals surface area contributed by atoms with Crippen LogP contribution in [0.5, 0.6) is 0 Å². The van der Waals surface area contributed by atoms with Crippen LogP contribution in [0, 0.1) is 0 Å². The summed E-state index contributed by atoms with van der Waals surface area (Å²) in [5.74, 6) is -7.38. The molecule has 0 heterocycles. The number of carboxylic acid groups (broad SMARTS) is 3. The molecule has 176 valence electrons. The zero-order valence-electron chi connectivity index (χ0n) is 16.3. The van der Waals surface area contributed by atoms with Crippen LogP contribution in [0.15, 0.2) is 0 Å². The fourth-order valence-electron chi connectivity index (χ4n) is 2.16. The minimum absolute atomic E-state index is 0.468. The molecule has 0 saturated heterocycles. The first-order chi connectivity index (χ1) is 14.4. The number of nitrogens with two attached hydrogens (primary N) is 1. The molecule has 15 nitrogen and oxygen atoms in total. The second-order valence-corrected chi connectivity index (χ2v) is 6.36. The standard InChI is InChI=1S/C16H26N4O11/c17-7(5-21)13(27)20-10(6-22)15(29)18-8(1-3-11(23)24)14(28)19-9(16(30)31)2-4-12(25)26/h7-10,21-22H,1-6,17H2,(H,18,29)(H,19,28)(H,20,27)(H,23,24)(H,25,26)(H,30,31). The minimum Gasteiger partial charge on any atom is -0.481 e. The van der Waals surface area contributed by atoms with Gasteiger partial charge in [-0.3, -0.25) is 24.0 Å². The number of carbonyl (C=O) groups excluding carboxylic acids is 3. The van der Waals surface area contributed by atoms with Crippen molar-refractivity contribution in [3.8, 4) is 0 Å². The summed E-state index contributed by atoms with van der Waals surface area (Å²) in [7, 11) is 0. The summed E-state index contributed by atoms with van der Waals surface area (Å²) < 4.78 is 0. The lowest BCUT2D eigenvalue weighted by Crippen LogP contribution is -2.58. The van der Waals surface area contributed by atoms with Gasteiger partial charge in [0.2, 0.25) is 17.7 Å². The Bertz CT molecular complexity index is 684.